The van der Waals surface area contributed by atoms with Crippen LogP contribution < -0.4 is 0 Å². The van der Waals surface area contributed by atoms with Crippen molar-refractivity contribution in [3.8, 4) is 78.9 Å². The molecule has 1 aliphatic rings. The van der Waals surface area contributed by atoms with Gasteiger partial charge in [0.1, 0.15) is 0 Å². The molecule has 8 aromatic rings. The minimum Gasteiger partial charge on any atom is -0.228 e. The largest absolute Gasteiger partial charge is 0.228 e. The van der Waals surface area contributed by atoms with Crippen LogP contribution in [0.2, 0.25) is 0 Å². The van der Waals surface area contributed by atoms with E-state index in [0.717, 1.165) is 80.6 Å². The summed E-state index contributed by atoms with van der Waals surface area (Å²) < 4.78 is 0. The van der Waals surface area contributed by atoms with Crippen molar-refractivity contribution in [1.29, 1.82) is 0 Å². The predicted octanol–water partition coefficient (Wildman–Crippen LogP) is 17.7. The molecule has 0 unspecified atom stereocenters. The van der Waals surface area contributed by atoms with Crippen molar-refractivity contribution in [3.63, 3.8) is 0 Å². The number of hydrogen-bond acceptors (Lipinski definition) is 4. The quantitative estimate of drug-likeness (QED) is 0.0716. The summed E-state index contributed by atoms with van der Waals surface area (Å²) in [5, 5.41) is 0. The Bertz CT molecular complexity index is 2680. The summed E-state index contributed by atoms with van der Waals surface area (Å²) in [6, 6.07) is 57.2. The molecule has 338 valence electrons. The predicted molar refractivity (Wildman–Crippen MR) is 282 cm³/mol. The zero-order chi connectivity index (χ0) is 46.0. The van der Waals surface area contributed by atoms with Crippen molar-refractivity contribution in [1.82, 2.24) is 19.9 Å². The monoisotopic (exact) mass is 879 g/mol. The Hall–Kier alpha value is -6.52. The van der Waals surface area contributed by atoms with Crippen LogP contribution in [-0.2, 0) is 5.41 Å². The molecule has 9 rings (SSSR count). The van der Waals surface area contributed by atoms with E-state index in [0.29, 0.717) is 0 Å². The fraction of sp³-hybridized carbons (Fsp3) is 0.302. The highest BCUT2D eigenvalue weighted by atomic mass is 14.9. The van der Waals surface area contributed by atoms with E-state index in [2.05, 4.69) is 185 Å². The Labute approximate surface area is 400 Å². The fourth-order valence-electron chi connectivity index (χ4n) is 10.3. The molecule has 67 heavy (non-hydrogen) atoms. The van der Waals surface area contributed by atoms with E-state index in [-0.39, 0.29) is 5.41 Å². The van der Waals surface area contributed by atoms with Gasteiger partial charge in [-0.3, -0.25) is 0 Å². The second-order valence-electron chi connectivity index (χ2n) is 19.0. The highest BCUT2D eigenvalue weighted by molar-refractivity contribution is 5.86. The van der Waals surface area contributed by atoms with Gasteiger partial charge in [-0.1, -0.05) is 235 Å². The van der Waals surface area contributed by atoms with Gasteiger partial charge in [0, 0.05) is 38.8 Å². The van der Waals surface area contributed by atoms with Crippen LogP contribution in [0.4, 0.5) is 0 Å². The molecule has 0 N–H and O–H groups in total. The molecule has 1 aliphatic carbocycles. The molecule has 2 aromatic heterocycles. The topological polar surface area (TPSA) is 51.6 Å². The normalized spacial score (nSPS) is 12.5. The third kappa shape index (κ3) is 10.4. The number of rotatable bonds is 20. The Morgan fingerprint density at radius 3 is 1.06 bits per heavy atom. The Morgan fingerprint density at radius 1 is 0.328 bits per heavy atom. The minimum absolute atomic E-state index is 0.156. The van der Waals surface area contributed by atoms with Crippen molar-refractivity contribution in [2.24, 2.45) is 0 Å². The zero-order valence-corrected chi connectivity index (χ0v) is 40.2. The average Bonchev–Trinajstić information content (AvgIpc) is 3.64. The molecule has 2 heterocycles. The van der Waals surface area contributed by atoms with Gasteiger partial charge in [0.2, 0.25) is 0 Å². The molecule has 0 radical (unpaired) electrons. The molecule has 0 bridgehead atoms. The van der Waals surface area contributed by atoms with E-state index in [1.54, 1.807) is 0 Å². The van der Waals surface area contributed by atoms with Crippen LogP contribution >= 0.6 is 0 Å². The van der Waals surface area contributed by atoms with Crippen molar-refractivity contribution in [2.75, 3.05) is 0 Å². The highest BCUT2D eigenvalue weighted by Gasteiger charge is 2.43. The zero-order valence-electron chi connectivity index (χ0n) is 40.2. The molecule has 4 nitrogen and oxygen atoms in total. The maximum Gasteiger partial charge on any atom is 0.160 e. The summed E-state index contributed by atoms with van der Waals surface area (Å²) >= 11 is 0. The maximum atomic E-state index is 5.36. The van der Waals surface area contributed by atoms with Crippen LogP contribution in [0.3, 0.4) is 0 Å². The third-order valence-corrected chi connectivity index (χ3v) is 14.1. The summed E-state index contributed by atoms with van der Waals surface area (Å²) in [5.41, 5.74) is 18.2. The minimum atomic E-state index is -0.156. The molecule has 4 heteroatoms. The van der Waals surface area contributed by atoms with Crippen LogP contribution in [-0.4, -0.2) is 19.9 Å². The number of aryl methyl sites for hydroxylation is 2. The van der Waals surface area contributed by atoms with Gasteiger partial charge < -0.3 is 0 Å². The van der Waals surface area contributed by atoms with E-state index < -0.39 is 0 Å². The van der Waals surface area contributed by atoms with E-state index >= 15 is 0 Å². The first-order valence-electron chi connectivity index (χ1n) is 25.3. The molecule has 0 saturated carbocycles. The summed E-state index contributed by atoms with van der Waals surface area (Å²) in [7, 11) is 0. The number of unbranched alkanes of at least 4 members (excludes halogenated alkanes) is 10. The molecule has 6 aromatic carbocycles. The van der Waals surface area contributed by atoms with E-state index in [9.17, 15) is 0 Å². The fourth-order valence-corrected chi connectivity index (χ4v) is 10.3. The van der Waals surface area contributed by atoms with Crippen LogP contribution in [0.25, 0.3) is 78.9 Å². The second kappa shape index (κ2) is 21.4. The number of aromatic nitrogens is 4. The first kappa shape index (κ1) is 45.6. The smallest absolute Gasteiger partial charge is 0.160 e. The van der Waals surface area contributed by atoms with Crippen molar-refractivity contribution in [2.45, 2.75) is 123 Å². The Morgan fingerprint density at radius 2 is 0.672 bits per heavy atom. The number of nitrogens with zero attached hydrogens (tertiary/aromatic N) is 4. The van der Waals surface area contributed by atoms with Gasteiger partial charge in [-0.2, -0.15) is 0 Å². The molecular weight excluding hydrogens is 813 g/mol. The van der Waals surface area contributed by atoms with Gasteiger partial charge in [-0.05, 0) is 73.2 Å². The van der Waals surface area contributed by atoms with E-state index in [1.165, 1.54) is 110 Å². The van der Waals surface area contributed by atoms with E-state index in [1.807, 2.05) is 0 Å². The first-order chi connectivity index (χ1) is 32.9. The standard InChI is InChI=1S/C63H66N4/c1-5-7-9-11-13-21-39-63(40-22-14-12-10-8-6-2)55-41-51(59-43-57(47-23-17-15-18-24-47)64-61(66-59)49-31-27-45(3)28-32-49)35-37-53(55)54-38-36-52(42-56(54)63)60-44-58(48-25-19-16-20-26-48)65-62(67-60)50-33-29-46(4)30-34-50/h15-20,23-38,41-44H,5-14,21-22,39-40H2,1-4H3. The Kier molecular flexibility index (Phi) is 14.6. The van der Waals surface area contributed by atoms with Crippen molar-refractivity contribution < 1.29 is 0 Å². The van der Waals surface area contributed by atoms with Gasteiger partial charge in [-0.15, -0.1) is 0 Å². The highest BCUT2D eigenvalue weighted by Crippen LogP contribution is 2.56. The lowest BCUT2D eigenvalue weighted by Gasteiger charge is -2.33. The molecule has 0 amide bonds. The summed E-state index contributed by atoms with van der Waals surface area (Å²) in [6.45, 7) is 8.88. The Balaban J connectivity index is 1.20. The molecule has 0 spiro atoms. The number of fused-ring (bicyclic) bond motifs is 3. The lowest BCUT2D eigenvalue weighted by Crippen LogP contribution is -2.25. The van der Waals surface area contributed by atoms with Gasteiger partial charge in [0.15, 0.2) is 11.6 Å². The average molecular weight is 879 g/mol. The SMILES string of the molecule is CCCCCCCCC1(CCCCCCCC)c2cc(-c3cc(-c4ccccc4)nc(-c4ccc(C)cc4)n3)ccc2-c2ccc(-c3cc(-c4ccccc4)nc(-c4ccc(C)cc4)n3)cc21. The lowest BCUT2D eigenvalue weighted by atomic mass is 9.70. The van der Waals surface area contributed by atoms with Crippen molar-refractivity contribution >= 4 is 0 Å². The third-order valence-electron chi connectivity index (χ3n) is 14.1. The van der Waals surface area contributed by atoms with Crippen LogP contribution in [0.1, 0.15) is 126 Å². The van der Waals surface area contributed by atoms with Gasteiger partial charge in [0.25, 0.3) is 0 Å². The maximum absolute atomic E-state index is 5.36. The molecular formula is C63H66N4. The number of benzene rings is 6. The summed E-state index contributed by atoms with van der Waals surface area (Å²) in [5.74, 6) is 1.50. The molecule has 0 atom stereocenters. The van der Waals surface area contributed by atoms with Crippen LogP contribution in [0, 0.1) is 13.8 Å². The summed E-state index contributed by atoms with van der Waals surface area (Å²) in [4.78, 5) is 21.1. The summed E-state index contributed by atoms with van der Waals surface area (Å²) in [6.07, 6.45) is 17.5. The van der Waals surface area contributed by atoms with Crippen LogP contribution in [0.15, 0.2) is 158 Å². The van der Waals surface area contributed by atoms with E-state index in [4.69, 9.17) is 19.9 Å². The number of hydrogen-bond donors (Lipinski definition) is 0. The van der Waals surface area contributed by atoms with Crippen LogP contribution in [0.5, 0.6) is 0 Å². The van der Waals surface area contributed by atoms with Gasteiger partial charge >= 0.3 is 0 Å². The first-order valence-corrected chi connectivity index (χ1v) is 25.3. The van der Waals surface area contributed by atoms with Crippen molar-refractivity contribution in [3.05, 3.63) is 180 Å². The lowest BCUT2D eigenvalue weighted by molar-refractivity contribution is 0.398. The molecule has 0 saturated heterocycles. The second-order valence-corrected chi connectivity index (χ2v) is 19.0. The van der Waals surface area contributed by atoms with Gasteiger partial charge in [-0.25, -0.2) is 19.9 Å². The molecule has 0 fully saturated rings. The molecule has 0 aliphatic heterocycles. The van der Waals surface area contributed by atoms with Gasteiger partial charge in [0.05, 0.1) is 22.8 Å².